The van der Waals surface area contributed by atoms with Gasteiger partial charge in [-0.05, 0) is 41.9 Å². The van der Waals surface area contributed by atoms with E-state index < -0.39 is 15.8 Å². The minimum Gasteiger partial charge on any atom is -0.478 e. The Kier molecular flexibility index (Phi) is 4.95. The molecule has 0 saturated heterocycles. The van der Waals surface area contributed by atoms with E-state index in [0.717, 1.165) is 24.8 Å². The lowest BCUT2D eigenvalue weighted by Crippen LogP contribution is -2.16. The highest BCUT2D eigenvalue weighted by atomic mass is 32.2. The molecule has 0 aliphatic heterocycles. The number of benzene rings is 1. The largest absolute Gasteiger partial charge is 0.478 e. The molecule has 0 heterocycles. The highest BCUT2D eigenvalue weighted by molar-refractivity contribution is 7.90. The minimum absolute atomic E-state index is 0.122. The first-order chi connectivity index (χ1) is 10.3. The molecule has 0 radical (unpaired) electrons. The third-order valence-corrected chi connectivity index (χ3v) is 5.88. The monoisotopic (exact) mass is 324 g/mol. The molecule has 1 aliphatic carbocycles. The standard InChI is InChI=1S/C17H24O4S/c1-4-6-13-15(17(18)19)10-9-14(16(13)22(3,20)21)12-8-5-7-11(12)2/h9-12H,4-8H2,1-3H3,(H,18,19). The summed E-state index contributed by atoms with van der Waals surface area (Å²) >= 11 is 0. The van der Waals surface area contributed by atoms with Gasteiger partial charge in [0.1, 0.15) is 0 Å². The molecule has 1 aliphatic rings. The molecule has 1 N–H and O–H groups in total. The molecular formula is C17H24O4S. The summed E-state index contributed by atoms with van der Waals surface area (Å²) < 4.78 is 24.8. The van der Waals surface area contributed by atoms with Gasteiger partial charge in [-0.25, -0.2) is 13.2 Å². The van der Waals surface area contributed by atoms with Gasteiger partial charge in [0.25, 0.3) is 0 Å². The molecule has 2 unspecified atom stereocenters. The average Bonchev–Trinajstić information content (AvgIpc) is 2.83. The molecule has 2 rings (SSSR count). The topological polar surface area (TPSA) is 71.4 Å². The normalized spacial score (nSPS) is 22.0. The Morgan fingerprint density at radius 1 is 1.32 bits per heavy atom. The molecule has 22 heavy (non-hydrogen) atoms. The van der Waals surface area contributed by atoms with Crippen LogP contribution in [-0.2, 0) is 16.3 Å². The number of carboxylic acids is 1. The van der Waals surface area contributed by atoms with Crippen molar-refractivity contribution in [2.45, 2.75) is 56.8 Å². The lowest BCUT2D eigenvalue weighted by molar-refractivity contribution is 0.0695. The fraction of sp³-hybridized carbons (Fsp3) is 0.588. The smallest absolute Gasteiger partial charge is 0.336 e. The third kappa shape index (κ3) is 3.19. The molecule has 0 amide bonds. The van der Waals surface area contributed by atoms with Crippen molar-refractivity contribution < 1.29 is 18.3 Å². The van der Waals surface area contributed by atoms with Crippen molar-refractivity contribution in [3.63, 3.8) is 0 Å². The first kappa shape index (κ1) is 17.0. The van der Waals surface area contributed by atoms with Crippen LogP contribution in [-0.4, -0.2) is 25.7 Å². The van der Waals surface area contributed by atoms with E-state index in [-0.39, 0.29) is 16.4 Å². The molecule has 0 aromatic heterocycles. The molecule has 1 aromatic rings. The highest BCUT2D eigenvalue weighted by Crippen LogP contribution is 2.43. The van der Waals surface area contributed by atoms with Crippen molar-refractivity contribution in [3.05, 3.63) is 28.8 Å². The summed E-state index contributed by atoms with van der Waals surface area (Å²) in [5.41, 5.74) is 1.42. The van der Waals surface area contributed by atoms with Crippen LogP contribution in [0.3, 0.4) is 0 Å². The third-order valence-electron chi connectivity index (χ3n) is 4.65. The van der Waals surface area contributed by atoms with E-state index in [4.69, 9.17) is 0 Å². The number of rotatable bonds is 5. The number of sulfone groups is 1. The van der Waals surface area contributed by atoms with Crippen molar-refractivity contribution in [1.82, 2.24) is 0 Å². The first-order valence-corrected chi connectivity index (χ1v) is 9.75. The maximum Gasteiger partial charge on any atom is 0.336 e. The molecule has 2 atom stereocenters. The molecule has 4 nitrogen and oxygen atoms in total. The van der Waals surface area contributed by atoms with E-state index in [1.807, 2.05) is 6.92 Å². The van der Waals surface area contributed by atoms with Gasteiger partial charge in [-0.1, -0.05) is 39.2 Å². The second-order valence-corrected chi connectivity index (χ2v) is 8.30. The Bertz CT molecular complexity index is 676. The van der Waals surface area contributed by atoms with Gasteiger partial charge in [-0.2, -0.15) is 0 Å². The highest BCUT2D eigenvalue weighted by Gasteiger charge is 2.32. The molecule has 122 valence electrons. The predicted octanol–water partition coefficient (Wildman–Crippen LogP) is 3.64. The maximum absolute atomic E-state index is 12.4. The van der Waals surface area contributed by atoms with Crippen LogP contribution in [0.4, 0.5) is 0 Å². The Balaban J connectivity index is 2.74. The zero-order chi connectivity index (χ0) is 16.5. The van der Waals surface area contributed by atoms with E-state index in [2.05, 4.69) is 6.92 Å². The molecule has 0 spiro atoms. The Hall–Kier alpha value is -1.36. The SMILES string of the molecule is CCCc1c(C(=O)O)ccc(C2CCCC2C)c1S(C)(=O)=O. The van der Waals surface area contributed by atoms with Gasteiger partial charge in [-0.3, -0.25) is 0 Å². The molecule has 1 saturated carbocycles. The summed E-state index contributed by atoms with van der Waals surface area (Å²) in [5.74, 6) is -0.409. The van der Waals surface area contributed by atoms with Crippen LogP contribution in [0.15, 0.2) is 17.0 Å². The van der Waals surface area contributed by atoms with Crippen LogP contribution >= 0.6 is 0 Å². The molecule has 0 bridgehead atoms. The maximum atomic E-state index is 12.4. The summed E-state index contributed by atoms with van der Waals surface area (Å²) in [6, 6.07) is 3.31. The minimum atomic E-state index is -3.47. The van der Waals surface area contributed by atoms with Gasteiger partial charge in [-0.15, -0.1) is 0 Å². The van der Waals surface area contributed by atoms with E-state index in [9.17, 15) is 18.3 Å². The van der Waals surface area contributed by atoms with Crippen LogP contribution in [0.5, 0.6) is 0 Å². The Morgan fingerprint density at radius 2 is 2.00 bits per heavy atom. The zero-order valence-electron chi connectivity index (χ0n) is 13.4. The average molecular weight is 324 g/mol. The van der Waals surface area contributed by atoms with E-state index in [1.54, 1.807) is 12.1 Å². The summed E-state index contributed by atoms with van der Waals surface area (Å²) in [5, 5.41) is 9.40. The first-order valence-electron chi connectivity index (χ1n) is 7.86. The van der Waals surface area contributed by atoms with Gasteiger partial charge in [0.05, 0.1) is 10.5 Å². The van der Waals surface area contributed by atoms with Crippen LogP contribution in [0.1, 0.15) is 66.9 Å². The van der Waals surface area contributed by atoms with Crippen LogP contribution in [0.2, 0.25) is 0 Å². The number of hydrogen-bond donors (Lipinski definition) is 1. The lowest BCUT2D eigenvalue weighted by Gasteiger charge is -2.22. The van der Waals surface area contributed by atoms with Gasteiger partial charge in [0, 0.05) is 6.26 Å². The van der Waals surface area contributed by atoms with Gasteiger partial charge in [0.15, 0.2) is 9.84 Å². The number of aromatic carboxylic acids is 1. The van der Waals surface area contributed by atoms with Crippen molar-refractivity contribution in [2.75, 3.05) is 6.26 Å². The zero-order valence-corrected chi connectivity index (χ0v) is 14.2. The summed E-state index contributed by atoms with van der Waals surface area (Å²) in [4.78, 5) is 11.7. The van der Waals surface area contributed by atoms with Crippen LogP contribution in [0, 0.1) is 5.92 Å². The number of carboxylic acid groups (broad SMARTS) is 1. The molecule has 1 aromatic carbocycles. The summed E-state index contributed by atoms with van der Waals surface area (Å²) in [6.07, 6.45) is 5.54. The fourth-order valence-electron chi connectivity index (χ4n) is 3.68. The predicted molar refractivity (Wildman–Crippen MR) is 86.3 cm³/mol. The van der Waals surface area contributed by atoms with Crippen molar-refractivity contribution >= 4 is 15.8 Å². The van der Waals surface area contributed by atoms with Gasteiger partial charge in [0.2, 0.25) is 0 Å². The van der Waals surface area contributed by atoms with Crippen molar-refractivity contribution in [1.29, 1.82) is 0 Å². The van der Waals surface area contributed by atoms with Gasteiger partial charge < -0.3 is 5.11 Å². The van der Waals surface area contributed by atoms with Crippen molar-refractivity contribution in [2.24, 2.45) is 5.92 Å². The van der Waals surface area contributed by atoms with E-state index >= 15 is 0 Å². The second kappa shape index (κ2) is 6.41. The quantitative estimate of drug-likeness (QED) is 0.897. The molecule has 1 fully saturated rings. The van der Waals surface area contributed by atoms with Crippen molar-refractivity contribution in [3.8, 4) is 0 Å². The number of hydrogen-bond acceptors (Lipinski definition) is 3. The van der Waals surface area contributed by atoms with E-state index in [1.165, 1.54) is 6.26 Å². The van der Waals surface area contributed by atoms with Crippen LogP contribution < -0.4 is 0 Å². The number of carbonyl (C=O) groups is 1. The van der Waals surface area contributed by atoms with Gasteiger partial charge >= 0.3 is 5.97 Å². The Labute approximate surface area is 132 Å². The summed E-state index contributed by atoms with van der Waals surface area (Å²) in [6.45, 7) is 4.08. The fourth-order valence-corrected chi connectivity index (χ4v) is 4.99. The molecule has 5 heteroatoms. The Morgan fingerprint density at radius 3 is 2.45 bits per heavy atom. The second-order valence-electron chi connectivity index (χ2n) is 6.35. The van der Waals surface area contributed by atoms with Crippen LogP contribution in [0.25, 0.3) is 0 Å². The van der Waals surface area contributed by atoms with E-state index in [0.29, 0.717) is 24.3 Å². The lowest BCUT2D eigenvalue weighted by atomic mass is 9.87. The molecular weight excluding hydrogens is 300 g/mol. The summed E-state index contributed by atoms with van der Waals surface area (Å²) in [7, 11) is -3.47.